The summed E-state index contributed by atoms with van der Waals surface area (Å²) in [5.41, 5.74) is 30.0. The molecule has 0 aliphatic carbocycles. The van der Waals surface area contributed by atoms with Crippen LogP contribution < -0.4 is 0 Å². The Bertz CT molecular complexity index is 8620. The van der Waals surface area contributed by atoms with Gasteiger partial charge in [-0.05, 0) is 221 Å². The van der Waals surface area contributed by atoms with Crippen LogP contribution >= 0.6 is 11.3 Å². The lowest BCUT2D eigenvalue weighted by molar-refractivity contribution is 0.669. The molecule has 9 heteroatoms. The molecule has 0 aliphatic heterocycles. The Morgan fingerprint density at radius 1 is 0.174 bits per heavy atom. The zero-order valence-electron chi connectivity index (χ0n) is 65.1. The first kappa shape index (κ1) is 67.3. The van der Waals surface area contributed by atoms with Crippen LogP contribution in [0.3, 0.4) is 0 Å². The van der Waals surface area contributed by atoms with Crippen LogP contribution in [0.1, 0.15) is 0 Å². The summed E-state index contributed by atoms with van der Waals surface area (Å²) in [6, 6.07) is 149. The molecule has 8 nitrogen and oxygen atoms in total. The van der Waals surface area contributed by atoms with Gasteiger partial charge in [-0.3, -0.25) is 0 Å². The van der Waals surface area contributed by atoms with Crippen molar-refractivity contribution in [3.8, 4) is 95.7 Å². The van der Waals surface area contributed by atoms with Gasteiger partial charge in [0.05, 0.1) is 66.6 Å². The van der Waals surface area contributed by atoms with Crippen LogP contribution in [-0.4, -0.2) is 32.8 Å². The second-order valence-corrected chi connectivity index (χ2v) is 33.0. The van der Waals surface area contributed by atoms with Gasteiger partial charge in [0.2, 0.25) is 0 Å². The minimum Gasteiger partial charge on any atom is -0.456 e. The van der Waals surface area contributed by atoms with Crippen molar-refractivity contribution in [1.82, 2.24) is 32.8 Å². The maximum absolute atomic E-state index is 6.26. The highest BCUT2D eigenvalue weighted by molar-refractivity contribution is 7.25. The number of aromatic nitrogens is 7. The zero-order chi connectivity index (χ0) is 79.1. The fourth-order valence-electron chi connectivity index (χ4n) is 19.7. The SMILES string of the molecule is c1ccc(-n2c3ccccc3c3cc(-c4ccc5c(c4)c4cc(-c6ccc7c(c6)c6ccccc6n7-c6ccccc6)ccc4n5-c4cccc(-c5nc(-c6ccc(-n7c8ccccc8c8cc(-c9ccc%10oc%11ccccc%11c%10c9)ccc87)cc6)cc(-c6ccc(-n7c8ccccc8c8cc9sc%10ccccc%10c9cc87)cc6)n5)c4)ccc32)cc1. The number of nitrogens with zero attached hydrogens (tertiary/aromatic N) is 7. The summed E-state index contributed by atoms with van der Waals surface area (Å²) in [7, 11) is 0. The van der Waals surface area contributed by atoms with Gasteiger partial charge in [-0.15, -0.1) is 11.3 Å². The van der Waals surface area contributed by atoms with E-state index in [0.29, 0.717) is 5.82 Å². The van der Waals surface area contributed by atoms with Crippen LogP contribution in [0.4, 0.5) is 0 Å². The molecule has 0 N–H and O–H groups in total. The average Bonchev–Trinajstić information content (AvgIpc) is 1.58. The molecule has 0 fully saturated rings. The molecule has 562 valence electrons. The van der Waals surface area contributed by atoms with Gasteiger partial charge in [0, 0.05) is 130 Å². The van der Waals surface area contributed by atoms with Crippen molar-refractivity contribution >= 4 is 162 Å². The van der Waals surface area contributed by atoms with E-state index in [1.165, 1.54) is 90.8 Å². The van der Waals surface area contributed by atoms with Gasteiger partial charge in [-0.2, -0.15) is 0 Å². The fraction of sp³-hybridized carbons (Fsp3) is 0. The van der Waals surface area contributed by atoms with Crippen LogP contribution in [-0.2, 0) is 0 Å². The zero-order valence-corrected chi connectivity index (χ0v) is 65.9. The molecule has 0 saturated carbocycles. The lowest BCUT2D eigenvalue weighted by Gasteiger charge is -2.14. The number of para-hydroxylation sites is 7. The van der Waals surface area contributed by atoms with Gasteiger partial charge >= 0.3 is 0 Å². The summed E-state index contributed by atoms with van der Waals surface area (Å²) >= 11 is 1.86. The first-order valence-electron chi connectivity index (χ1n) is 41.2. The number of fused-ring (bicyclic) bond motifs is 21. The van der Waals surface area contributed by atoms with Crippen molar-refractivity contribution in [3.05, 3.63) is 406 Å². The van der Waals surface area contributed by atoms with Crippen molar-refractivity contribution in [3.63, 3.8) is 0 Å². The van der Waals surface area contributed by atoms with Crippen molar-refractivity contribution in [1.29, 1.82) is 0 Å². The molecule has 121 heavy (non-hydrogen) atoms. The normalized spacial score (nSPS) is 12.1. The van der Waals surface area contributed by atoms with Gasteiger partial charge in [-0.25, -0.2) is 9.97 Å². The minimum absolute atomic E-state index is 0.619. The highest BCUT2D eigenvalue weighted by atomic mass is 32.1. The summed E-state index contributed by atoms with van der Waals surface area (Å²) in [5, 5.41) is 16.8. The van der Waals surface area contributed by atoms with Gasteiger partial charge in [-0.1, -0.05) is 218 Å². The Morgan fingerprint density at radius 2 is 0.504 bits per heavy atom. The third kappa shape index (κ3) is 10.5. The number of furan rings is 1. The Morgan fingerprint density at radius 3 is 0.975 bits per heavy atom. The highest BCUT2D eigenvalue weighted by Crippen LogP contribution is 2.46. The largest absolute Gasteiger partial charge is 0.456 e. The van der Waals surface area contributed by atoms with E-state index in [1.807, 2.05) is 23.5 Å². The first-order valence-corrected chi connectivity index (χ1v) is 42.0. The van der Waals surface area contributed by atoms with Gasteiger partial charge < -0.3 is 27.3 Å². The van der Waals surface area contributed by atoms with E-state index in [9.17, 15) is 0 Å². The molecule has 26 rings (SSSR count). The van der Waals surface area contributed by atoms with E-state index in [1.54, 1.807) is 0 Å². The molecular formula is C112H67N7OS. The quantitative estimate of drug-likeness (QED) is 0.130. The van der Waals surface area contributed by atoms with Crippen LogP contribution in [0.2, 0.25) is 0 Å². The van der Waals surface area contributed by atoms with Gasteiger partial charge in [0.1, 0.15) is 11.2 Å². The first-order chi connectivity index (χ1) is 59.9. The number of benzene rings is 18. The number of rotatable bonds is 11. The monoisotopic (exact) mass is 1560 g/mol. The summed E-state index contributed by atoms with van der Waals surface area (Å²) < 4.78 is 20.9. The second kappa shape index (κ2) is 26.3. The lowest BCUT2D eigenvalue weighted by atomic mass is 9.98. The molecule has 0 aliphatic rings. The Labute approximate surface area is 697 Å². The van der Waals surface area contributed by atoms with E-state index < -0.39 is 0 Å². The predicted molar refractivity (Wildman–Crippen MR) is 507 cm³/mol. The van der Waals surface area contributed by atoms with Gasteiger partial charge in [0.25, 0.3) is 0 Å². The molecule has 0 amide bonds. The summed E-state index contributed by atoms with van der Waals surface area (Å²) in [5.74, 6) is 0.619. The number of hydrogen-bond donors (Lipinski definition) is 0. The molecule has 8 aromatic heterocycles. The number of thiophene rings is 1. The fourth-order valence-corrected chi connectivity index (χ4v) is 20.8. The second-order valence-electron chi connectivity index (χ2n) is 32.0. The summed E-state index contributed by atoms with van der Waals surface area (Å²) in [6.07, 6.45) is 0. The molecule has 18 aromatic carbocycles. The lowest BCUT2D eigenvalue weighted by Crippen LogP contribution is -1.99. The molecule has 0 bridgehead atoms. The molecule has 26 aromatic rings. The van der Waals surface area contributed by atoms with Crippen molar-refractivity contribution in [2.45, 2.75) is 0 Å². The van der Waals surface area contributed by atoms with E-state index in [-0.39, 0.29) is 0 Å². The smallest absolute Gasteiger partial charge is 0.160 e. The molecule has 0 atom stereocenters. The number of hydrogen-bond acceptors (Lipinski definition) is 4. The van der Waals surface area contributed by atoms with Crippen molar-refractivity contribution < 1.29 is 4.42 Å². The van der Waals surface area contributed by atoms with Gasteiger partial charge in [0.15, 0.2) is 5.82 Å². The molecule has 0 spiro atoms. The third-order valence-electron chi connectivity index (χ3n) is 25.3. The summed E-state index contributed by atoms with van der Waals surface area (Å²) in [6.45, 7) is 0. The Kier molecular flexibility index (Phi) is 14.6. The van der Waals surface area contributed by atoms with Crippen LogP contribution in [0.15, 0.2) is 411 Å². The minimum atomic E-state index is 0.619. The molecule has 8 heterocycles. The molecule has 0 radical (unpaired) electrons. The molecule has 0 unspecified atom stereocenters. The Balaban J connectivity index is 0.627. The third-order valence-corrected chi connectivity index (χ3v) is 26.4. The van der Waals surface area contributed by atoms with Crippen molar-refractivity contribution in [2.24, 2.45) is 0 Å². The Hall–Kier alpha value is -15.9. The highest BCUT2D eigenvalue weighted by Gasteiger charge is 2.24. The van der Waals surface area contributed by atoms with E-state index in [4.69, 9.17) is 14.4 Å². The maximum Gasteiger partial charge on any atom is 0.160 e. The molecular weight excluding hydrogens is 1490 g/mol. The van der Waals surface area contributed by atoms with E-state index in [0.717, 1.165) is 150 Å². The van der Waals surface area contributed by atoms with Crippen LogP contribution in [0.5, 0.6) is 0 Å². The van der Waals surface area contributed by atoms with E-state index >= 15 is 0 Å². The standard InChI is InChI=1S/C112H67N7OS/c1-3-21-77(22-4-1)115-98-32-13-7-26-82(98)88-59-70(42-52-102(88)115)73-45-55-105-91(62-73)92-63-74(71-43-53-103-89(60-71)83-27-8-14-33-99(83)116(103)78-23-5-2-6-24-78)46-56-106(92)119(105)81-25-19-20-76(58-81)112-113-96(67-97(114-112)69-40-50-80(51-41-69)118-101-35-16-10-29-85(101)93-66-111-95(65-107(93)118)87-31-12-18-37-110(87)121-111)68-38-48-79(49-39-68)117-100-34-15-9-28-84(100)90-61-72(44-54-104(90)117)75-47-57-109-94(64-75)86-30-11-17-36-108(86)120-109/h1-67H. The maximum atomic E-state index is 6.26. The average molecular weight is 1560 g/mol. The summed E-state index contributed by atoms with van der Waals surface area (Å²) in [4.78, 5) is 11.3. The van der Waals surface area contributed by atoms with Crippen LogP contribution in [0, 0.1) is 0 Å². The van der Waals surface area contributed by atoms with Crippen LogP contribution in [0.25, 0.3) is 247 Å². The molecule has 0 saturated heterocycles. The van der Waals surface area contributed by atoms with Crippen molar-refractivity contribution in [2.75, 3.05) is 0 Å². The topological polar surface area (TPSA) is 63.6 Å². The van der Waals surface area contributed by atoms with E-state index in [2.05, 4.69) is 417 Å². The predicted octanol–water partition coefficient (Wildman–Crippen LogP) is 30.2.